The monoisotopic (exact) mass is 564 g/mol. The summed E-state index contributed by atoms with van der Waals surface area (Å²) in [5.41, 5.74) is -0.226. The van der Waals surface area contributed by atoms with Crippen LogP contribution in [0.15, 0.2) is 80.7 Å². The van der Waals surface area contributed by atoms with Gasteiger partial charge in [0.15, 0.2) is 9.84 Å². The van der Waals surface area contributed by atoms with Crippen LogP contribution in [-0.4, -0.2) is 46.7 Å². The van der Waals surface area contributed by atoms with Gasteiger partial charge in [-0.1, -0.05) is 18.2 Å². The van der Waals surface area contributed by atoms with Crippen LogP contribution in [0.4, 0.5) is 4.79 Å². The lowest BCUT2D eigenvalue weighted by Crippen LogP contribution is -2.31. The number of sulfone groups is 2. The molecule has 1 aromatic heterocycles. The van der Waals surface area contributed by atoms with E-state index in [4.69, 9.17) is 4.74 Å². The van der Waals surface area contributed by atoms with E-state index in [2.05, 4.69) is 10.6 Å². The van der Waals surface area contributed by atoms with Gasteiger partial charge in [-0.2, -0.15) is 0 Å². The van der Waals surface area contributed by atoms with Crippen LogP contribution in [-0.2, 0) is 31.0 Å². The van der Waals surface area contributed by atoms with E-state index >= 15 is 0 Å². The third-order valence-electron chi connectivity index (χ3n) is 4.89. The normalized spacial score (nSPS) is 12.1. The minimum atomic E-state index is -3.88. The van der Waals surface area contributed by atoms with Crippen LogP contribution in [0.3, 0.4) is 0 Å². The number of hydrogen-bond donors (Lipinski definition) is 2. The van der Waals surface area contributed by atoms with E-state index in [0.29, 0.717) is 10.4 Å². The molecule has 0 radical (unpaired) electrons. The van der Waals surface area contributed by atoms with Crippen molar-refractivity contribution in [1.29, 1.82) is 0 Å². The molecule has 0 bridgehead atoms. The van der Waals surface area contributed by atoms with Gasteiger partial charge in [0.25, 0.3) is 5.91 Å². The number of rotatable bonds is 9. The summed E-state index contributed by atoms with van der Waals surface area (Å²) >= 11 is 1.000. The minimum Gasteiger partial charge on any atom is -0.444 e. The Labute approximate surface area is 220 Å². The van der Waals surface area contributed by atoms with Crippen LogP contribution in [0.5, 0.6) is 0 Å². The second-order valence-electron chi connectivity index (χ2n) is 8.99. The van der Waals surface area contributed by atoms with Gasteiger partial charge in [-0.25, -0.2) is 21.6 Å². The SMILES string of the molecule is CC(C)(C)OC(=O)NCc1ccc(S(=O)(=O)c2ccc(S(=O)(=O)CCNC(=O)c3ccccc3)cc2)s1. The van der Waals surface area contributed by atoms with Gasteiger partial charge >= 0.3 is 6.09 Å². The summed E-state index contributed by atoms with van der Waals surface area (Å²) in [6.07, 6.45) is -0.610. The van der Waals surface area contributed by atoms with E-state index in [1.54, 1.807) is 57.2 Å². The van der Waals surface area contributed by atoms with E-state index in [1.807, 2.05) is 0 Å². The molecule has 0 saturated carbocycles. The lowest BCUT2D eigenvalue weighted by molar-refractivity contribution is 0.0524. The van der Waals surface area contributed by atoms with Crippen molar-refractivity contribution >= 4 is 43.0 Å². The first-order valence-corrected chi connectivity index (χ1v) is 15.2. The summed E-state index contributed by atoms with van der Waals surface area (Å²) < 4.78 is 56.6. The molecule has 198 valence electrons. The Morgan fingerprint density at radius 2 is 1.46 bits per heavy atom. The molecule has 2 amide bonds. The molecule has 3 rings (SSSR count). The molecule has 37 heavy (non-hydrogen) atoms. The summed E-state index contributed by atoms with van der Waals surface area (Å²) in [4.78, 5) is 24.4. The lowest BCUT2D eigenvalue weighted by atomic mass is 10.2. The zero-order valence-electron chi connectivity index (χ0n) is 20.6. The van der Waals surface area contributed by atoms with Crippen molar-refractivity contribution in [2.45, 2.75) is 46.9 Å². The van der Waals surface area contributed by atoms with Crippen molar-refractivity contribution in [3.8, 4) is 0 Å². The molecule has 0 fully saturated rings. The Bertz CT molecular complexity index is 1460. The Morgan fingerprint density at radius 3 is 2.08 bits per heavy atom. The highest BCUT2D eigenvalue weighted by Gasteiger charge is 2.22. The van der Waals surface area contributed by atoms with E-state index < -0.39 is 31.4 Å². The van der Waals surface area contributed by atoms with Crippen molar-refractivity contribution in [3.05, 3.63) is 77.2 Å². The fourth-order valence-electron chi connectivity index (χ4n) is 3.12. The van der Waals surface area contributed by atoms with Gasteiger partial charge in [0.05, 0.1) is 22.1 Å². The number of hydrogen-bond acceptors (Lipinski definition) is 8. The predicted octanol–water partition coefficient (Wildman–Crippen LogP) is 3.81. The molecule has 0 atom stereocenters. The maximum Gasteiger partial charge on any atom is 0.407 e. The third-order valence-corrected chi connectivity index (χ3v) is 9.97. The molecule has 0 aliphatic carbocycles. The quantitative estimate of drug-likeness (QED) is 0.403. The van der Waals surface area contributed by atoms with Gasteiger partial charge in [-0.05, 0) is 69.3 Å². The predicted molar refractivity (Wildman–Crippen MR) is 140 cm³/mol. The third kappa shape index (κ3) is 7.88. The fourth-order valence-corrected chi connectivity index (χ4v) is 6.98. The standard InChI is InChI=1S/C25H28N2O7S3/c1-25(2,3)34-24(29)27-17-19-9-14-22(35-19)37(32,33)21-12-10-20(11-13-21)36(30,31)16-15-26-23(28)18-7-5-4-6-8-18/h4-14H,15-17H2,1-3H3,(H,26,28)(H,27,29). The highest BCUT2D eigenvalue weighted by Crippen LogP contribution is 2.28. The van der Waals surface area contributed by atoms with Gasteiger partial charge < -0.3 is 15.4 Å². The number of thiophene rings is 1. The summed E-state index contributed by atoms with van der Waals surface area (Å²) in [5, 5.41) is 5.14. The molecule has 0 aliphatic rings. The Balaban J connectivity index is 1.61. The summed E-state index contributed by atoms with van der Waals surface area (Å²) in [6, 6.07) is 16.4. The van der Waals surface area contributed by atoms with Gasteiger partial charge in [-0.3, -0.25) is 4.79 Å². The van der Waals surface area contributed by atoms with Crippen LogP contribution < -0.4 is 10.6 Å². The molecular weight excluding hydrogens is 536 g/mol. The van der Waals surface area contributed by atoms with Crippen molar-refractivity contribution < 1.29 is 31.2 Å². The second kappa shape index (κ2) is 11.4. The lowest BCUT2D eigenvalue weighted by Gasteiger charge is -2.19. The topological polar surface area (TPSA) is 136 Å². The van der Waals surface area contributed by atoms with E-state index in [0.717, 1.165) is 11.3 Å². The van der Waals surface area contributed by atoms with Crippen LogP contribution in [0.25, 0.3) is 0 Å². The first-order chi connectivity index (χ1) is 17.3. The van der Waals surface area contributed by atoms with Crippen LogP contribution in [0.2, 0.25) is 0 Å². The number of ether oxygens (including phenoxy) is 1. The first-order valence-electron chi connectivity index (χ1n) is 11.2. The molecule has 0 spiro atoms. The van der Waals surface area contributed by atoms with Gasteiger partial charge in [-0.15, -0.1) is 11.3 Å². The molecular formula is C25H28N2O7S3. The van der Waals surface area contributed by atoms with Crippen molar-refractivity contribution in [1.82, 2.24) is 10.6 Å². The average molecular weight is 565 g/mol. The van der Waals surface area contributed by atoms with Gasteiger partial charge in [0, 0.05) is 17.0 Å². The summed E-state index contributed by atoms with van der Waals surface area (Å²) in [5.74, 6) is -0.717. The number of alkyl carbamates (subject to hydrolysis) is 1. The minimum absolute atomic E-state index is 0.0474. The van der Waals surface area contributed by atoms with Gasteiger partial charge in [0.1, 0.15) is 9.81 Å². The van der Waals surface area contributed by atoms with Crippen molar-refractivity contribution in [2.75, 3.05) is 12.3 Å². The smallest absolute Gasteiger partial charge is 0.407 e. The summed E-state index contributed by atoms with van der Waals surface area (Å²) in [7, 11) is -7.63. The Kier molecular flexibility index (Phi) is 8.77. The van der Waals surface area contributed by atoms with Crippen LogP contribution in [0.1, 0.15) is 36.0 Å². The molecule has 1 heterocycles. The second-order valence-corrected chi connectivity index (χ2v) is 14.4. The van der Waals surface area contributed by atoms with Crippen molar-refractivity contribution in [3.63, 3.8) is 0 Å². The van der Waals surface area contributed by atoms with E-state index in [1.165, 1.54) is 30.3 Å². The Morgan fingerprint density at radius 1 is 0.838 bits per heavy atom. The largest absolute Gasteiger partial charge is 0.444 e. The van der Waals surface area contributed by atoms with E-state index in [-0.39, 0.29) is 38.7 Å². The first kappa shape index (κ1) is 28.4. The number of carbonyl (C=O) groups excluding carboxylic acids is 2. The molecule has 12 heteroatoms. The molecule has 2 aromatic carbocycles. The molecule has 9 nitrogen and oxygen atoms in total. The average Bonchev–Trinajstić information content (AvgIpc) is 3.32. The molecule has 0 saturated heterocycles. The summed E-state index contributed by atoms with van der Waals surface area (Å²) in [6.45, 7) is 5.23. The maximum atomic E-state index is 13.0. The molecule has 0 unspecified atom stereocenters. The number of nitrogens with one attached hydrogen (secondary N) is 2. The highest BCUT2D eigenvalue weighted by atomic mass is 32.2. The maximum absolute atomic E-state index is 13.0. The number of carbonyl (C=O) groups is 2. The van der Waals surface area contributed by atoms with Crippen molar-refractivity contribution in [2.24, 2.45) is 0 Å². The zero-order valence-corrected chi connectivity index (χ0v) is 23.0. The van der Waals surface area contributed by atoms with Crippen LogP contribution >= 0.6 is 11.3 Å². The zero-order chi connectivity index (χ0) is 27.3. The molecule has 2 N–H and O–H groups in total. The highest BCUT2D eigenvalue weighted by molar-refractivity contribution is 7.93. The van der Waals surface area contributed by atoms with E-state index in [9.17, 15) is 26.4 Å². The number of benzene rings is 2. The molecule has 3 aromatic rings. The number of amides is 2. The molecule has 0 aliphatic heterocycles. The fraction of sp³-hybridized carbons (Fsp3) is 0.280. The van der Waals surface area contributed by atoms with Crippen LogP contribution in [0, 0.1) is 0 Å². The van der Waals surface area contributed by atoms with Gasteiger partial charge in [0.2, 0.25) is 9.84 Å². The Hall–Kier alpha value is -3.22.